The van der Waals surface area contributed by atoms with Crippen molar-refractivity contribution >= 4 is 0 Å². The smallest absolute Gasteiger partial charge is 0.119 e. The third-order valence-electron chi connectivity index (χ3n) is 3.80. The van der Waals surface area contributed by atoms with Gasteiger partial charge in [-0.05, 0) is 56.7 Å². The molecule has 2 rings (SSSR count). The predicted octanol–water partition coefficient (Wildman–Crippen LogP) is 3.62. The summed E-state index contributed by atoms with van der Waals surface area (Å²) in [6.45, 7) is 4.15. The lowest BCUT2D eigenvalue weighted by atomic mass is 10.0. The van der Waals surface area contributed by atoms with Crippen molar-refractivity contribution in [1.29, 1.82) is 0 Å². The maximum Gasteiger partial charge on any atom is 0.119 e. The number of hydrogen-bond acceptors (Lipinski definition) is 2. The van der Waals surface area contributed by atoms with Gasteiger partial charge in [0.1, 0.15) is 5.75 Å². The average molecular weight is 247 g/mol. The second kappa shape index (κ2) is 7.42. The Morgan fingerprint density at radius 1 is 1.22 bits per heavy atom. The molecule has 1 N–H and O–H groups in total. The molecule has 0 bridgehead atoms. The van der Waals surface area contributed by atoms with E-state index >= 15 is 0 Å². The zero-order valence-electron chi connectivity index (χ0n) is 11.4. The molecule has 0 heterocycles. The number of rotatable bonds is 7. The van der Waals surface area contributed by atoms with E-state index in [-0.39, 0.29) is 0 Å². The molecular weight excluding hydrogens is 222 g/mol. The van der Waals surface area contributed by atoms with Crippen LogP contribution in [0.3, 0.4) is 0 Å². The zero-order chi connectivity index (χ0) is 12.6. The summed E-state index contributed by atoms with van der Waals surface area (Å²) in [5.74, 6) is 1.91. The average Bonchev–Trinajstić information content (AvgIpc) is 2.84. The summed E-state index contributed by atoms with van der Waals surface area (Å²) in [4.78, 5) is 0. The van der Waals surface area contributed by atoms with Crippen LogP contribution in [0.1, 0.15) is 39.0 Å². The Labute approximate surface area is 111 Å². The van der Waals surface area contributed by atoms with E-state index in [1.54, 1.807) is 0 Å². The fraction of sp³-hybridized carbons (Fsp3) is 0.625. The van der Waals surface area contributed by atoms with Crippen LogP contribution >= 0.6 is 0 Å². The molecule has 0 amide bonds. The molecule has 0 aliphatic heterocycles. The highest BCUT2D eigenvalue weighted by molar-refractivity contribution is 5.20. The third kappa shape index (κ3) is 4.34. The van der Waals surface area contributed by atoms with Crippen molar-refractivity contribution in [3.8, 4) is 5.75 Å². The van der Waals surface area contributed by atoms with Crippen LogP contribution in [0.15, 0.2) is 30.3 Å². The standard InChI is InChI=1S/C16H25NO/c1-2-17-15-11-10-14(13-15)7-6-12-18-16-8-4-3-5-9-16/h3-5,8-9,14-15,17H,2,6-7,10-13H2,1H3. The summed E-state index contributed by atoms with van der Waals surface area (Å²) in [6.07, 6.45) is 6.60. The van der Waals surface area contributed by atoms with E-state index in [0.29, 0.717) is 0 Å². The first-order chi connectivity index (χ1) is 8.88. The normalized spacial score (nSPS) is 23.2. The molecule has 2 heteroatoms. The summed E-state index contributed by atoms with van der Waals surface area (Å²) < 4.78 is 5.72. The van der Waals surface area contributed by atoms with Gasteiger partial charge in [0.25, 0.3) is 0 Å². The Morgan fingerprint density at radius 2 is 2.06 bits per heavy atom. The maximum atomic E-state index is 5.72. The summed E-state index contributed by atoms with van der Waals surface area (Å²) >= 11 is 0. The highest BCUT2D eigenvalue weighted by Gasteiger charge is 2.23. The minimum absolute atomic E-state index is 0.773. The van der Waals surface area contributed by atoms with Gasteiger partial charge in [0.05, 0.1) is 6.61 Å². The molecule has 2 atom stereocenters. The largest absolute Gasteiger partial charge is 0.494 e. The summed E-state index contributed by atoms with van der Waals surface area (Å²) in [6, 6.07) is 10.9. The van der Waals surface area contributed by atoms with E-state index in [2.05, 4.69) is 12.2 Å². The SMILES string of the molecule is CCNC1CCC(CCCOc2ccccc2)C1. The minimum Gasteiger partial charge on any atom is -0.494 e. The molecular formula is C16H25NO. The van der Waals surface area contributed by atoms with E-state index < -0.39 is 0 Å². The molecule has 0 saturated heterocycles. The number of para-hydroxylation sites is 1. The summed E-state index contributed by atoms with van der Waals surface area (Å²) in [7, 11) is 0. The molecule has 2 nitrogen and oxygen atoms in total. The van der Waals surface area contributed by atoms with E-state index in [9.17, 15) is 0 Å². The van der Waals surface area contributed by atoms with E-state index in [1.165, 1.54) is 32.1 Å². The van der Waals surface area contributed by atoms with Crippen molar-refractivity contribution in [2.75, 3.05) is 13.2 Å². The number of nitrogens with one attached hydrogen (secondary N) is 1. The lowest BCUT2D eigenvalue weighted by molar-refractivity contribution is 0.291. The van der Waals surface area contributed by atoms with Gasteiger partial charge in [-0.25, -0.2) is 0 Å². The molecule has 1 fully saturated rings. The molecule has 0 aromatic heterocycles. The molecule has 0 radical (unpaired) electrons. The molecule has 0 spiro atoms. The Bertz CT molecular complexity index is 325. The topological polar surface area (TPSA) is 21.3 Å². The zero-order valence-corrected chi connectivity index (χ0v) is 11.4. The lowest BCUT2D eigenvalue weighted by Gasteiger charge is -2.12. The molecule has 1 aromatic rings. The Kier molecular flexibility index (Phi) is 5.53. The van der Waals surface area contributed by atoms with Gasteiger partial charge in [-0.2, -0.15) is 0 Å². The molecule has 1 aliphatic rings. The first-order valence-corrected chi connectivity index (χ1v) is 7.29. The van der Waals surface area contributed by atoms with E-state index in [0.717, 1.165) is 30.9 Å². The number of ether oxygens (including phenoxy) is 1. The highest BCUT2D eigenvalue weighted by atomic mass is 16.5. The summed E-state index contributed by atoms with van der Waals surface area (Å²) in [5.41, 5.74) is 0. The predicted molar refractivity (Wildman–Crippen MR) is 76.0 cm³/mol. The van der Waals surface area contributed by atoms with E-state index in [4.69, 9.17) is 4.74 Å². The first-order valence-electron chi connectivity index (χ1n) is 7.29. The van der Waals surface area contributed by atoms with Crippen LogP contribution in [0.5, 0.6) is 5.75 Å². The second-order valence-corrected chi connectivity index (χ2v) is 5.24. The fourth-order valence-electron chi connectivity index (χ4n) is 2.89. The Balaban J connectivity index is 1.56. The lowest BCUT2D eigenvalue weighted by Crippen LogP contribution is -2.25. The molecule has 1 aliphatic carbocycles. The van der Waals surface area contributed by atoms with Crippen LogP contribution in [-0.4, -0.2) is 19.2 Å². The van der Waals surface area contributed by atoms with Gasteiger partial charge in [0.2, 0.25) is 0 Å². The van der Waals surface area contributed by atoms with Crippen LogP contribution in [0.4, 0.5) is 0 Å². The number of benzene rings is 1. The second-order valence-electron chi connectivity index (χ2n) is 5.24. The molecule has 18 heavy (non-hydrogen) atoms. The van der Waals surface area contributed by atoms with E-state index in [1.807, 2.05) is 30.3 Å². The van der Waals surface area contributed by atoms with Crippen molar-refractivity contribution in [3.05, 3.63) is 30.3 Å². The molecule has 1 aromatic carbocycles. The van der Waals surface area contributed by atoms with Gasteiger partial charge < -0.3 is 10.1 Å². The monoisotopic (exact) mass is 247 g/mol. The quantitative estimate of drug-likeness (QED) is 0.743. The van der Waals surface area contributed by atoms with Crippen LogP contribution in [-0.2, 0) is 0 Å². The first kappa shape index (κ1) is 13.4. The molecule has 1 saturated carbocycles. The van der Waals surface area contributed by atoms with Crippen molar-refractivity contribution in [2.24, 2.45) is 5.92 Å². The maximum absolute atomic E-state index is 5.72. The van der Waals surface area contributed by atoms with Crippen molar-refractivity contribution in [1.82, 2.24) is 5.32 Å². The minimum atomic E-state index is 0.773. The van der Waals surface area contributed by atoms with Gasteiger partial charge >= 0.3 is 0 Å². The Morgan fingerprint density at radius 3 is 2.83 bits per heavy atom. The van der Waals surface area contributed by atoms with Crippen molar-refractivity contribution < 1.29 is 4.74 Å². The molecule has 2 unspecified atom stereocenters. The van der Waals surface area contributed by atoms with Gasteiger partial charge in [-0.15, -0.1) is 0 Å². The summed E-state index contributed by atoms with van der Waals surface area (Å²) in [5, 5.41) is 3.56. The van der Waals surface area contributed by atoms with Gasteiger partial charge in [0.15, 0.2) is 0 Å². The van der Waals surface area contributed by atoms with Gasteiger partial charge in [-0.3, -0.25) is 0 Å². The highest BCUT2D eigenvalue weighted by Crippen LogP contribution is 2.29. The fourth-order valence-corrected chi connectivity index (χ4v) is 2.89. The van der Waals surface area contributed by atoms with Crippen molar-refractivity contribution in [3.63, 3.8) is 0 Å². The Hall–Kier alpha value is -1.02. The van der Waals surface area contributed by atoms with Gasteiger partial charge in [0, 0.05) is 6.04 Å². The van der Waals surface area contributed by atoms with Crippen molar-refractivity contribution in [2.45, 2.75) is 45.1 Å². The molecule has 100 valence electrons. The van der Waals surface area contributed by atoms with Crippen LogP contribution in [0, 0.1) is 5.92 Å². The van der Waals surface area contributed by atoms with Crippen LogP contribution < -0.4 is 10.1 Å². The third-order valence-corrected chi connectivity index (χ3v) is 3.80. The van der Waals surface area contributed by atoms with Crippen LogP contribution in [0.25, 0.3) is 0 Å². The van der Waals surface area contributed by atoms with Gasteiger partial charge in [-0.1, -0.05) is 25.1 Å². The van der Waals surface area contributed by atoms with Crippen LogP contribution in [0.2, 0.25) is 0 Å². The number of hydrogen-bond donors (Lipinski definition) is 1.